The first-order valence-corrected chi connectivity index (χ1v) is 8.09. The van der Waals surface area contributed by atoms with E-state index < -0.39 is 9.84 Å². The van der Waals surface area contributed by atoms with Gasteiger partial charge in [-0.1, -0.05) is 12.1 Å². The number of hydrogen-bond donors (Lipinski definition) is 1. The zero-order valence-electron chi connectivity index (χ0n) is 9.73. The predicted molar refractivity (Wildman–Crippen MR) is 68.7 cm³/mol. The summed E-state index contributed by atoms with van der Waals surface area (Å²) in [5.41, 5.74) is 6.75. The van der Waals surface area contributed by atoms with Crippen LogP contribution in [0.4, 0.5) is 0 Å². The maximum absolute atomic E-state index is 11.6. The lowest BCUT2D eigenvalue weighted by Crippen LogP contribution is -2.18. The zero-order valence-corrected chi connectivity index (χ0v) is 11.4. The Labute approximate surface area is 101 Å². The molecule has 1 atom stereocenters. The second kappa shape index (κ2) is 5.21. The lowest BCUT2D eigenvalue weighted by Gasteiger charge is -2.13. The number of thioether (sulfide) groups is 1. The molecule has 0 saturated carbocycles. The average molecular weight is 259 g/mol. The zero-order chi connectivity index (χ0) is 12.3. The van der Waals surface area contributed by atoms with Crippen LogP contribution in [0.1, 0.15) is 12.5 Å². The molecule has 16 heavy (non-hydrogen) atoms. The van der Waals surface area contributed by atoms with Gasteiger partial charge in [0.2, 0.25) is 0 Å². The quantitative estimate of drug-likeness (QED) is 0.836. The molecule has 0 fully saturated rings. The molecule has 1 unspecified atom stereocenters. The van der Waals surface area contributed by atoms with Gasteiger partial charge in [0.15, 0.2) is 9.84 Å². The van der Waals surface area contributed by atoms with Crippen LogP contribution in [0.2, 0.25) is 0 Å². The summed E-state index contributed by atoms with van der Waals surface area (Å²) in [7, 11) is -3.17. The van der Waals surface area contributed by atoms with Crippen molar-refractivity contribution in [1.82, 2.24) is 0 Å². The van der Waals surface area contributed by atoms with E-state index in [2.05, 4.69) is 0 Å². The molecule has 0 aliphatic heterocycles. The molecule has 0 amide bonds. The lowest BCUT2D eigenvalue weighted by molar-refractivity contribution is 0.599. The van der Waals surface area contributed by atoms with E-state index in [1.807, 2.05) is 19.2 Å². The van der Waals surface area contributed by atoms with E-state index >= 15 is 0 Å². The number of nitrogens with two attached hydrogens (primary N) is 1. The summed E-state index contributed by atoms with van der Waals surface area (Å²) in [6, 6.07) is 5.38. The number of sulfone groups is 1. The number of rotatable bonds is 4. The highest BCUT2D eigenvalue weighted by Crippen LogP contribution is 2.29. The predicted octanol–water partition coefficient (Wildman–Crippen LogP) is 1.70. The molecule has 5 heteroatoms. The molecule has 0 radical (unpaired) electrons. The first-order valence-electron chi connectivity index (χ1n) is 4.97. The Morgan fingerprint density at radius 1 is 1.44 bits per heavy atom. The molecular formula is C11H17NO2S2. The minimum absolute atomic E-state index is 0.0284. The molecule has 1 rings (SSSR count). The Morgan fingerprint density at radius 2 is 2.06 bits per heavy atom. The summed E-state index contributed by atoms with van der Waals surface area (Å²) in [5, 5.41) is 0. The standard InChI is InChI=1S/C11H17NO2S2/c1-8(12)7-9-5-4-6-10(11(9)15-2)16(3,13)14/h4-6,8H,7,12H2,1-3H3. The fraction of sp³-hybridized carbons (Fsp3) is 0.455. The van der Waals surface area contributed by atoms with Crippen molar-refractivity contribution in [3.05, 3.63) is 23.8 Å². The van der Waals surface area contributed by atoms with Crippen molar-refractivity contribution < 1.29 is 8.42 Å². The van der Waals surface area contributed by atoms with Crippen LogP contribution >= 0.6 is 11.8 Å². The smallest absolute Gasteiger partial charge is 0.176 e. The maximum atomic E-state index is 11.6. The fourth-order valence-corrected chi connectivity index (χ4v) is 3.77. The molecule has 90 valence electrons. The van der Waals surface area contributed by atoms with Crippen molar-refractivity contribution in [1.29, 1.82) is 0 Å². The average Bonchev–Trinajstić information content (AvgIpc) is 2.15. The van der Waals surface area contributed by atoms with Gasteiger partial charge < -0.3 is 5.73 Å². The monoisotopic (exact) mass is 259 g/mol. The molecule has 3 nitrogen and oxygen atoms in total. The minimum Gasteiger partial charge on any atom is -0.328 e. The largest absolute Gasteiger partial charge is 0.328 e. The van der Waals surface area contributed by atoms with Crippen molar-refractivity contribution in [2.24, 2.45) is 5.73 Å². The van der Waals surface area contributed by atoms with Gasteiger partial charge in [0.1, 0.15) is 0 Å². The lowest BCUT2D eigenvalue weighted by atomic mass is 10.1. The van der Waals surface area contributed by atoms with E-state index in [0.717, 1.165) is 10.5 Å². The molecule has 0 bridgehead atoms. The van der Waals surface area contributed by atoms with Crippen molar-refractivity contribution in [2.75, 3.05) is 12.5 Å². The summed E-state index contributed by atoms with van der Waals surface area (Å²) < 4.78 is 23.2. The molecule has 0 saturated heterocycles. The molecule has 0 heterocycles. The van der Waals surface area contributed by atoms with Crippen LogP contribution in [0.3, 0.4) is 0 Å². The van der Waals surface area contributed by atoms with Gasteiger partial charge in [0, 0.05) is 17.2 Å². The Bertz CT molecular complexity index is 467. The molecule has 0 aliphatic carbocycles. The van der Waals surface area contributed by atoms with Gasteiger partial charge >= 0.3 is 0 Å². The molecule has 2 N–H and O–H groups in total. The van der Waals surface area contributed by atoms with Crippen molar-refractivity contribution in [2.45, 2.75) is 29.2 Å². The van der Waals surface area contributed by atoms with Crippen LogP contribution in [0, 0.1) is 0 Å². The highest BCUT2D eigenvalue weighted by molar-refractivity contribution is 7.99. The Hall–Kier alpha value is -0.520. The van der Waals surface area contributed by atoms with Crippen LogP contribution in [0.25, 0.3) is 0 Å². The van der Waals surface area contributed by atoms with E-state index in [0.29, 0.717) is 11.3 Å². The summed E-state index contributed by atoms with van der Waals surface area (Å²) in [4.78, 5) is 1.22. The Balaban J connectivity index is 3.32. The van der Waals surface area contributed by atoms with Crippen LogP contribution < -0.4 is 5.73 Å². The third-order valence-corrected chi connectivity index (χ3v) is 4.36. The normalized spacial score (nSPS) is 13.8. The van der Waals surface area contributed by atoms with Gasteiger partial charge in [0.25, 0.3) is 0 Å². The first-order chi connectivity index (χ1) is 7.36. The maximum Gasteiger partial charge on any atom is 0.176 e. The Kier molecular flexibility index (Phi) is 4.41. The molecule has 0 aliphatic rings. The van der Waals surface area contributed by atoms with Gasteiger partial charge in [-0.15, -0.1) is 11.8 Å². The SMILES string of the molecule is CSc1c(CC(C)N)cccc1S(C)(=O)=O. The summed E-state index contributed by atoms with van der Waals surface area (Å²) in [6.45, 7) is 1.91. The van der Waals surface area contributed by atoms with Crippen molar-refractivity contribution in [3.8, 4) is 0 Å². The fourth-order valence-electron chi connectivity index (χ4n) is 1.59. The summed E-state index contributed by atoms with van der Waals surface area (Å²) in [5.74, 6) is 0. The molecule has 1 aromatic rings. The minimum atomic E-state index is -3.17. The third kappa shape index (κ3) is 3.23. The third-order valence-electron chi connectivity index (χ3n) is 2.21. The van der Waals surface area contributed by atoms with E-state index in [9.17, 15) is 8.42 Å². The number of benzene rings is 1. The van der Waals surface area contributed by atoms with Gasteiger partial charge in [-0.2, -0.15) is 0 Å². The van der Waals surface area contributed by atoms with Gasteiger partial charge in [-0.05, 0) is 31.2 Å². The molecule has 0 spiro atoms. The van der Waals surface area contributed by atoms with Crippen LogP contribution in [-0.4, -0.2) is 27.0 Å². The topological polar surface area (TPSA) is 60.2 Å². The van der Waals surface area contributed by atoms with E-state index in [4.69, 9.17) is 5.73 Å². The highest BCUT2D eigenvalue weighted by Gasteiger charge is 2.16. The van der Waals surface area contributed by atoms with Crippen LogP contribution in [-0.2, 0) is 16.3 Å². The molecule has 1 aromatic carbocycles. The number of hydrogen-bond acceptors (Lipinski definition) is 4. The van der Waals surface area contributed by atoms with E-state index in [1.54, 1.807) is 12.1 Å². The second-order valence-electron chi connectivity index (χ2n) is 3.90. The van der Waals surface area contributed by atoms with Gasteiger partial charge in [0.05, 0.1) is 4.90 Å². The van der Waals surface area contributed by atoms with Crippen LogP contribution in [0.15, 0.2) is 28.0 Å². The second-order valence-corrected chi connectivity index (χ2v) is 6.70. The molecule has 0 aromatic heterocycles. The summed E-state index contributed by atoms with van der Waals surface area (Å²) in [6.07, 6.45) is 3.81. The van der Waals surface area contributed by atoms with Crippen molar-refractivity contribution in [3.63, 3.8) is 0 Å². The first kappa shape index (κ1) is 13.5. The summed E-state index contributed by atoms with van der Waals surface area (Å²) >= 11 is 1.46. The van der Waals surface area contributed by atoms with Gasteiger partial charge in [-0.3, -0.25) is 0 Å². The van der Waals surface area contributed by atoms with E-state index in [-0.39, 0.29) is 6.04 Å². The highest BCUT2D eigenvalue weighted by atomic mass is 32.2. The van der Waals surface area contributed by atoms with E-state index in [1.165, 1.54) is 18.0 Å². The van der Waals surface area contributed by atoms with Crippen molar-refractivity contribution >= 4 is 21.6 Å². The van der Waals surface area contributed by atoms with Crippen LogP contribution in [0.5, 0.6) is 0 Å². The molecular weight excluding hydrogens is 242 g/mol. The van der Waals surface area contributed by atoms with Gasteiger partial charge in [-0.25, -0.2) is 8.42 Å². The Morgan fingerprint density at radius 3 is 2.50 bits per heavy atom.